The zero-order valence-corrected chi connectivity index (χ0v) is 65.4. The van der Waals surface area contributed by atoms with E-state index in [1.165, 1.54) is 116 Å². The Morgan fingerprint density at radius 3 is 1.40 bits per heavy atom. The second kappa shape index (κ2) is 52.2. The van der Waals surface area contributed by atoms with Crippen LogP contribution in [0.15, 0.2) is 0 Å². The van der Waals surface area contributed by atoms with Crippen LogP contribution < -0.4 is 16.0 Å². The summed E-state index contributed by atoms with van der Waals surface area (Å²) in [4.78, 5) is 67.7. The molecule has 0 aliphatic carbocycles. The molecule has 0 bridgehead atoms. The van der Waals surface area contributed by atoms with Crippen LogP contribution >= 0.6 is 0 Å². The van der Waals surface area contributed by atoms with E-state index in [2.05, 4.69) is 36.7 Å². The number of hydrogen-bond acceptors (Lipinski definition) is 29. The van der Waals surface area contributed by atoms with Crippen molar-refractivity contribution in [3.8, 4) is 0 Å². The maximum atomic E-state index is 13.8. The van der Waals surface area contributed by atoms with Crippen LogP contribution in [0.2, 0.25) is 0 Å². The lowest BCUT2D eigenvalue weighted by Gasteiger charge is -2.52. The Morgan fingerprint density at radius 2 is 0.936 bits per heavy atom. The van der Waals surface area contributed by atoms with Crippen molar-refractivity contribution < 1.29 is 154 Å². The first-order valence-electron chi connectivity index (χ1n) is 40.6. The molecule has 26 unspecified atom stereocenters. The number of aliphatic carboxylic acids is 2. The third-order valence-electron chi connectivity index (χ3n) is 21.5. The topological polar surface area (TPSA) is 559 Å². The van der Waals surface area contributed by atoms with Crippen molar-refractivity contribution in [2.45, 2.75) is 411 Å². The highest BCUT2D eigenvalue weighted by molar-refractivity contribution is 5.81. The number of aliphatic hydroxyl groups excluding tert-OH is 16. The molecule has 4 fully saturated rings. The van der Waals surface area contributed by atoms with Gasteiger partial charge in [-0.15, -0.1) is 0 Å². The van der Waals surface area contributed by atoms with Crippen molar-refractivity contribution in [3.63, 3.8) is 0 Å². The lowest BCUT2D eigenvalue weighted by molar-refractivity contribution is -0.365. The molecule has 0 radical (unpaired) electrons. The van der Waals surface area contributed by atoms with Crippen molar-refractivity contribution >= 4 is 29.7 Å². The fourth-order valence-electron chi connectivity index (χ4n) is 14.6. The Labute approximate surface area is 647 Å². The fourth-order valence-corrected chi connectivity index (χ4v) is 14.6. The number of carboxylic acid groups (broad SMARTS) is 2. The van der Waals surface area contributed by atoms with Gasteiger partial charge in [0.2, 0.25) is 17.7 Å². The molecule has 0 aromatic carbocycles. The Kier molecular flexibility index (Phi) is 46.8. The van der Waals surface area contributed by atoms with Crippen molar-refractivity contribution in [1.82, 2.24) is 16.0 Å². The van der Waals surface area contributed by atoms with Gasteiger partial charge in [0.15, 0.2) is 12.6 Å². The van der Waals surface area contributed by atoms with Crippen molar-refractivity contribution in [3.05, 3.63) is 0 Å². The summed E-state index contributed by atoms with van der Waals surface area (Å²) in [7, 11) is 0. The smallest absolute Gasteiger partial charge is 0.364 e. The molecule has 644 valence electrons. The number of unbranched alkanes of at least 4 members (excludes halogenated alkanes) is 27. The van der Waals surface area contributed by atoms with Crippen LogP contribution in [-0.4, -0.2) is 313 Å². The number of aliphatic hydroxyl groups is 16. The largest absolute Gasteiger partial charge is 0.477 e. The first kappa shape index (κ1) is 98.8. The van der Waals surface area contributed by atoms with E-state index >= 15 is 0 Å². The van der Waals surface area contributed by atoms with E-state index < -0.39 is 234 Å². The molecule has 34 heteroatoms. The molecule has 4 heterocycles. The Hall–Kier alpha value is -3.61. The number of carbonyl (C=O) groups is 5. The summed E-state index contributed by atoms with van der Waals surface area (Å²) in [5.41, 5.74) is 0. The molecule has 3 amide bonds. The van der Waals surface area contributed by atoms with Crippen molar-refractivity contribution in [2.24, 2.45) is 5.92 Å². The molecule has 110 heavy (non-hydrogen) atoms. The van der Waals surface area contributed by atoms with E-state index in [4.69, 9.17) is 37.9 Å². The summed E-state index contributed by atoms with van der Waals surface area (Å²) in [5, 5.41) is 205. The van der Waals surface area contributed by atoms with Gasteiger partial charge in [-0.2, -0.15) is 0 Å². The number of amides is 3. The van der Waals surface area contributed by atoms with Gasteiger partial charge in [-0.3, -0.25) is 14.4 Å². The van der Waals surface area contributed by atoms with Crippen molar-refractivity contribution in [2.75, 3.05) is 33.0 Å². The number of nitrogens with one attached hydrogen (secondary N) is 3. The Balaban J connectivity index is 1.52. The summed E-state index contributed by atoms with van der Waals surface area (Å²) in [6.45, 7) is 3.21. The first-order chi connectivity index (χ1) is 52.3. The summed E-state index contributed by atoms with van der Waals surface area (Å²) in [5.74, 6) is -13.6. The summed E-state index contributed by atoms with van der Waals surface area (Å²) in [6, 6.07) is -5.57. The molecule has 4 aliphatic rings. The normalized spacial score (nSPS) is 30.9. The minimum Gasteiger partial charge on any atom is -0.477 e. The summed E-state index contributed by atoms with van der Waals surface area (Å²) < 4.78 is 46.1. The second-order valence-corrected chi connectivity index (χ2v) is 31.2. The number of rotatable bonds is 58. The minimum absolute atomic E-state index is 0.0551. The highest BCUT2D eigenvalue weighted by Crippen LogP contribution is 2.42. The molecule has 4 saturated heterocycles. The van der Waals surface area contributed by atoms with E-state index in [9.17, 15) is 116 Å². The molecular weight excluding hydrogens is 1450 g/mol. The van der Waals surface area contributed by atoms with Gasteiger partial charge in [-0.05, 0) is 25.7 Å². The van der Waals surface area contributed by atoms with Crippen LogP contribution in [0.4, 0.5) is 0 Å². The lowest BCUT2D eigenvalue weighted by atomic mass is 9.86. The first-order valence-corrected chi connectivity index (χ1v) is 40.6. The molecule has 34 nitrogen and oxygen atoms in total. The maximum absolute atomic E-state index is 13.8. The molecule has 4 aliphatic heterocycles. The van der Waals surface area contributed by atoms with Gasteiger partial charge in [0, 0.05) is 19.8 Å². The molecule has 4 rings (SSSR count). The number of carbonyl (C=O) groups excluding carboxylic acids is 3. The molecule has 0 saturated carbocycles. The lowest BCUT2D eigenvalue weighted by Crippen LogP contribution is -2.72. The zero-order valence-electron chi connectivity index (χ0n) is 65.4. The third kappa shape index (κ3) is 32.5. The van der Waals surface area contributed by atoms with Crippen LogP contribution in [-0.2, 0) is 61.9 Å². The van der Waals surface area contributed by atoms with Crippen molar-refractivity contribution in [1.29, 1.82) is 0 Å². The SMILES string of the molecule is CCCCCCCCCCCCCCCCCCCCCCC(O)C(=O)NC(COC1OC(COC2(C(=O)O)CC(OC3(C(=O)O)CC(O)C(NC(=O)COC4OC(C)C(O)C(O)C4O)C(C(O)C(O)CO)O3)C(NC(C)=O)C(C(O)C(O)CO)O2)C(O)C(O)C1O)C(O)C(O)CCCCCCCCCCCC(C)C. The van der Waals surface area contributed by atoms with E-state index in [0.717, 1.165) is 77.6 Å². The molecular formula is C76H139N3O31. The summed E-state index contributed by atoms with van der Waals surface area (Å²) >= 11 is 0. The second-order valence-electron chi connectivity index (χ2n) is 31.2. The fraction of sp³-hybridized carbons (Fsp3) is 0.934. The van der Waals surface area contributed by atoms with E-state index in [-0.39, 0.29) is 12.8 Å². The average molecular weight is 1590 g/mol. The van der Waals surface area contributed by atoms with Gasteiger partial charge in [0.25, 0.3) is 11.6 Å². The minimum atomic E-state index is -3.41. The van der Waals surface area contributed by atoms with Gasteiger partial charge in [0.05, 0.1) is 69.0 Å². The van der Waals surface area contributed by atoms with E-state index in [1.807, 2.05) is 0 Å². The van der Waals surface area contributed by atoms with Gasteiger partial charge >= 0.3 is 11.9 Å². The van der Waals surface area contributed by atoms with Gasteiger partial charge < -0.3 is 146 Å². The molecule has 0 spiro atoms. The van der Waals surface area contributed by atoms with Crippen LogP contribution in [0.25, 0.3) is 0 Å². The van der Waals surface area contributed by atoms with Gasteiger partial charge in [0.1, 0.15) is 98.2 Å². The number of carboxylic acids is 2. The van der Waals surface area contributed by atoms with E-state index in [1.54, 1.807) is 0 Å². The van der Waals surface area contributed by atoms with Crippen LogP contribution in [0, 0.1) is 5.92 Å². The number of ether oxygens (including phenoxy) is 8. The Bertz CT molecular complexity index is 2560. The average Bonchev–Trinajstić information content (AvgIpc) is 0.742. The highest BCUT2D eigenvalue weighted by atomic mass is 16.8. The van der Waals surface area contributed by atoms with Gasteiger partial charge in [-0.1, -0.05) is 213 Å². The monoisotopic (exact) mass is 1590 g/mol. The Morgan fingerprint density at radius 1 is 0.500 bits per heavy atom. The van der Waals surface area contributed by atoms with Crippen LogP contribution in [0.1, 0.15) is 253 Å². The predicted octanol–water partition coefficient (Wildman–Crippen LogP) is 0.701. The van der Waals surface area contributed by atoms with Gasteiger partial charge in [-0.25, -0.2) is 9.59 Å². The van der Waals surface area contributed by atoms with Crippen LogP contribution in [0.5, 0.6) is 0 Å². The molecule has 26 atom stereocenters. The summed E-state index contributed by atoms with van der Waals surface area (Å²) in [6.07, 6.45) is -11.4. The standard InChI is InChI=1S/C76H139N3O31/c1-6-7-8-9-10-11-12-13-14-15-16-17-18-19-20-21-24-28-31-34-37-50(84)70(98)78-48(60(90)49(83)36-33-30-27-25-22-23-26-29-32-35-45(2)3)42-103-72-67(97)65(95)63(93)55(107-72)43-105-75(73(99)100)39-54(58(77-47(5)82)69(109-75)62(92)53(87)41-81)108-76(74(101)102)38-51(85)57(68(110-76)61(91)52(86)40-80)79-56(88)44-104-71-66(96)64(94)59(89)46(4)106-71/h45-46,48-55,57-69,71-72,80-81,83-87,89-97H,6-44H2,1-5H3,(H,77,82)(H,78,98)(H,79,88)(H,99,100)(H,101,102). The zero-order chi connectivity index (χ0) is 81.7. The highest BCUT2D eigenvalue weighted by Gasteiger charge is 2.63. The molecule has 0 aromatic rings. The molecule has 0 aromatic heterocycles. The van der Waals surface area contributed by atoms with E-state index in [0.29, 0.717) is 18.8 Å². The maximum Gasteiger partial charge on any atom is 0.364 e. The number of hydrogen-bond donors (Lipinski definition) is 21. The third-order valence-corrected chi connectivity index (χ3v) is 21.5. The quantitative estimate of drug-likeness (QED) is 0.0373. The molecule has 21 N–H and O–H groups in total. The predicted molar refractivity (Wildman–Crippen MR) is 393 cm³/mol. The van der Waals surface area contributed by atoms with Crippen LogP contribution in [0.3, 0.4) is 0 Å².